The van der Waals surface area contributed by atoms with Gasteiger partial charge in [-0.25, -0.2) is 0 Å². The fourth-order valence-electron chi connectivity index (χ4n) is 0.894. The largest absolute Gasteiger partial charge is 0.344 e. The molecule has 0 aromatic rings. The molecule has 1 unspecified atom stereocenters. The van der Waals surface area contributed by atoms with E-state index in [0.29, 0.717) is 12.6 Å². The van der Waals surface area contributed by atoms with Crippen molar-refractivity contribution in [3.8, 4) is 0 Å². The fourth-order valence-corrected chi connectivity index (χ4v) is 1.35. The van der Waals surface area contributed by atoms with Gasteiger partial charge >= 0.3 is 0 Å². The maximum absolute atomic E-state index is 11.5. The van der Waals surface area contributed by atoms with Crippen LogP contribution in [0.25, 0.3) is 0 Å². The number of rotatable bonds is 7. The zero-order valence-electron chi connectivity index (χ0n) is 9.67. The molecule has 14 heavy (non-hydrogen) atoms. The topological polar surface area (TPSA) is 32.3 Å². The third-order valence-corrected chi connectivity index (χ3v) is 2.86. The van der Waals surface area contributed by atoms with Gasteiger partial charge in [-0.3, -0.25) is 4.79 Å². The first-order valence-corrected chi connectivity index (χ1v) is 6.47. The van der Waals surface area contributed by atoms with E-state index in [1.807, 2.05) is 7.05 Å². The predicted molar refractivity (Wildman–Crippen MR) is 63.8 cm³/mol. The van der Waals surface area contributed by atoms with E-state index >= 15 is 0 Å². The molecule has 0 rings (SSSR count). The lowest BCUT2D eigenvalue weighted by Gasteiger charge is -2.18. The van der Waals surface area contributed by atoms with Crippen molar-refractivity contribution in [2.45, 2.75) is 26.3 Å². The van der Waals surface area contributed by atoms with E-state index in [0.717, 1.165) is 18.7 Å². The molecule has 1 atom stereocenters. The Morgan fingerprint density at radius 1 is 1.57 bits per heavy atom. The molecule has 0 aliphatic carbocycles. The van der Waals surface area contributed by atoms with Crippen molar-refractivity contribution in [2.24, 2.45) is 0 Å². The highest BCUT2D eigenvalue weighted by Gasteiger charge is 2.08. The van der Waals surface area contributed by atoms with Crippen LogP contribution in [-0.2, 0) is 4.79 Å². The summed E-state index contributed by atoms with van der Waals surface area (Å²) in [6.45, 7) is 5.50. The van der Waals surface area contributed by atoms with Crippen molar-refractivity contribution >= 4 is 17.7 Å². The zero-order valence-corrected chi connectivity index (χ0v) is 10.5. The first-order chi connectivity index (χ1) is 6.61. The molecule has 84 valence electrons. The molecule has 4 heteroatoms. The molecule has 0 aliphatic heterocycles. The van der Waals surface area contributed by atoms with Crippen molar-refractivity contribution in [2.75, 3.05) is 32.1 Å². The van der Waals surface area contributed by atoms with Crippen molar-refractivity contribution in [1.82, 2.24) is 10.2 Å². The Bertz CT molecular complexity index is 164. The van der Waals surface area contributed by atoms with Gasteiger partial charge in [-0.2, -0.15) is 11.8 Å². The number of hydrogen-bond donors (Lipinski definition) is 1. The number of carbonyl (C=O) groups is 1. The van der Waals surface area contributed by atoms with E-state index in [1.165, 1.54) is 0 Å². The number of amides is 1. The lowest BCUT2D eigenvalue weighted by molar-refractivity contribution is -0.128. The summed E-state index contributed by atoms with van der Waals surface area (Å²) < 4.78 is 0. The molecule has 3 nitrogen and oxygen atoms in total. The number of thioether (sulfide) groups is 1. The summed E-state index contributed by atoms with van der Waals surface area (Å²) in [6.07, 6.45) is 3.11. The molecule has 0 saturated heterocycles. The van der Waals surface area contributed by atoms with Crippen LogP contribution < -0.4 is 5.32 Å². The average Bonchev–Trinajstić information content (AvgIpc) is 2.21. The summed E-state index contributed by atoms with van der Waals surface area (Å²) in [5.74, 6) is 1.19. The van der Waals surface area contributed by atoms with Gasteiger partial charge in [0.1, 0.15) is 0 Å². The van der Waals surface area contributed by atoms with Crippen molar-refractivity contribution in [3.63, 3.8) is 0 Å². The van der Waals surface area contributed by atoms with Crippen molar-refractivity contribution < 1.29 is 4.79 Å². The van der Waals surface area contributed by atoms with Crippen molar-refractivity contribution in [1.29, 1.82) is 0 Å². The molecule has 0 saturated carbocycles. The molecule has 0 spiro atoms. The molecule has 1 amide bonds. The predicted octanol–water partition coefficient (Wildman–Crippen LogP) is 1.20. The van der Waals surface area contributed by atoms with E-state index in [9.17, 15) is 4.79 Å². The number of nitrogens with one attached hydrogen (secondary N) is 1. The molecule has 0 aromatic heterocycles. The molecule has 1 N–H and O–H groups in total. The van der Waals surface area contributed by atoms with E-state index in [2.05, 4.69) is 25.4 Å². The van der Waals surface area contributed by atoms with E-state index < -0.39 is 0 Å². The summed E-state index contributed by atoms with van der Waals surface area (Å²) in [7, 11) is 1.86. The van der Waals surface area contributed by atoms with Gasteiger partial charge in [0.15, 0.2) is 0 Å². The number of hydrogen-bond acceptors (Lipinski definition) is 3. The minimum Gasteiger partial charge on any atom is -0.344 e. The third kappa shape index (κ3) is 6.27. The molecular weight excluding hydrogens is 196 g/mol. The number of nitrogens with zero attached hydrogens (tertiary/aromatic N) is 1. The van der Waals surface area contributed by atoms with Gasteiger partial charge in [0, 0.05) is 25.4 Å². The van der Waals surface area contributed by atoms with Gasteiger partial charge in [-0.05, 0) is 19.6 Å². The Labute approximate surface area is 91.6 Å². The Hall–Kier alpha value is -0.220. The van der Waals surface area contributed by atoms with Crippen LogP contribution in [-0.4, -0.2) is 49.0 Å². The van der Waals surface area contributed by atoms with Crippen LogP contribution in [0.3, 0.4) is 0 Å². The second kappa shape index (κ2) is 8.12. The van der Waals surface area contributed by atoms with Gasteiger partial charge in [0.25, 0.3) is 0 Å². The maximum Gasteiger partial charge on any atom is 0.236 e. The maximum atomic E-state index is 11.5. The van der Waals surface area contributed by atoms with E-state index in [1.54, 1.807) is 16.7 Å². The standard InChI is InChI=1S/C10H22N2OS/c1-5-9(2)11-8-10(13)12(3)6-7-14-4/h9,11H,5-8H2,1-4H3. The molecule has 0 radical (unpaired) electrons. The summed E-state index contributed by atoms with van der Waals surface area (Å²) >= 11 is 1.76. The molecule has 0 heterocycles. The minimum absolute atomic E-state index is 0.180. The number of carbonyl (C=O) groups excluding carboxylic acids is 1. The second-order valence-corrected chi connectivity index (χ2v) is 4.48. The molecule has 0 aromatic carbocycles. The molecule has 0 aliphatic rings. The monoisotopic (exact) mass is 218 g/mol. The SMILES string of the molecule is CCC(C)NCC(=O)N(C)CCSC. The summed E-state index contributed by atoms with van der Waals surface area (Å²) in [4.78, 5) is 13.3. The summed E-state index contributed by atoms with van der Waals surface area (Å²) in [6, 6.07) is 0.424. The minimum atomic E-state index is 0.180. The van der Waals surface area contributed by atoms with Crippen LogP contribution >= 0.6 is 11.8 Å². The van der Waals surface area contributed by atoms with Crippen LogP contribution in [0, 0.1) is 0 Å². The Morgan fingerprint density at radius 3 is 2.71 bits per heavy atom. The van der Waals surface area contributed by atoms with Gasteiger partial charge < -0.3 is 10.2 Å². The lowest BCUT2D eigenvalue weighted by atomic mass is 10.2. The van der Waals surface area contributed by atoms with Crippen LogP contribution in [0.15, 0.2) is 0 Å². The molecular formula is C10H22N2OS. The molecule has 0 bridgehead atoms. The lowest BCUT2D eigenvalue weighted by Crippen LogP contribution is -2.39. The first kappa shape index (κ1) is 13.8. The van der Waals surface area contributed by atoms with Gasteiger partial charge in [-0.1, -0.05) is 6.92 Å². The Kier molecular flexibility index (Phi) is 7.99. The highest BCUT2D eigenvalue weighted by molar-refractivity contribution is 7.98. The molecule has 0 fully saturated rings. The van der Waals surface area contributed by atoms with Gasteiger partial charge in [-0.15, -0.1) is 0 Å². The second-order valence-electron chi connectivity index (χ2n) is 3.50. The summed E-state index contributed by atoms with van der Waals surface area (Å²) in [5, 5.41) is 3.19. The fraction of sp³-hybridized carbons (Fsp3) is 0.900. The van der Waals surface area contributed by atoms with E-state index in [-0.39, 0.29) is 5.91 Å². The van der Waals surface area contributed by atoms with Crippen LogP contribution in [0.4, 0.5) is 0 Å². The van der Waals surface area contributed by atoms with Crippen LogP contribution in [0.5, 0.6) is 0 Å². The van der Waals surface area contributed by atoms with Crippen molar-refractivity contribution in [3.05, 3.63) is 0 Å². The van der Waals surface area contributed by atoms with Gasteiger partial charge in [0.2, 0.25) is 5.91 Å². The zero-order chi connectivity index (χ0) is 11.0. The normalized spacial score (nSPS) is 12.6. The third-order valence-electron chi connectivity index (χ3n) is 2.27. The highest BCUT2D eigenvalue weighted by atomic mass is 32.2. The smallest absolute Gasteiger partial charge is 0.236 e. The van der Waals surface area contributed by atoms with E-state index in [4.69, 9.17) is 0 Å². The first-order valence-electron chi connectivity index (χ1n) is 5.08. The Morgan fingerprint density at radius 2 is 2.21 bits per heavy atom. The quantitative estimate of drug-likeness (QED) is 0.697. The van der Waals surface area contributed by atoms with Crippen LogP contribution in [0.1, 0.15) is 20.3 Å². The van der Waals surface area contributed by atoms with Gasteiger partial charge in [0.05, 0.1) is 6.54 Å². The summed E-state index contributed by atoms with van der Waals surface area (Å²) in [5.41, 5.74) is 0. The Balaban J connectivity index is 3.61. The average molecular weight is 218 g/mol. The number of likely N-dealkylation sites (N-methyl/N-ethyl adjacent to an activating group) is 1. The highest BCUT2D eigenvalue weighted by Crippen LogP contribution is 1.94. The van der Waals surface area contributed by atoms with Crippen LogP contribution in [0.2, 0.25) is 0 Å².